The number of ether oxygens (including phenoxy) is 3. The molecule has 0 saturated carbocycles. The van der Waals surface area contributed by atoms with Gasteiger partial charge in [0, 0.05) is 11.1 Å². The lowest BCUT2D eigenvalue weighted by Crippen LogP contribution is -3.14. The van der Waals surface area contributed by atoms with Gasteiger partial charge in [-0.05, 0) is 54.5 Å². The van der Waals surface area contributed by atoms with Gasteiger partial charge >= 0.3 is 0 Å². The Labute approximate surface area is 181 Å². The van der Waals surface area contributed by atoms with Crippen LogP contribution in [-0.2, 0) is 17.6 Å². The number of nitriles is 1. The maximum absolute atomic E-state index is 9.67. The molecule has 0 unspecified atom stereocenters. The van der Waals surface area contributed by atoms with Gasteiger partial charge in [0.05, 0.1) is 25.9 Å². The van der Waals surface area contributed by atoms with E-state index in [9.17, 15) is 5.26 Å². The Kier molecular flexibility index (Phi) is 6.68. The predicted molar refractivity (Wildman–Crippen MR) is 117 cm³/mol. The van der Waals surface area contributed by atoms with Gasteiger partial charge in [0.1, 0.15) is 24.2 Å². The summed E-state index contributed by atoms with van der Waals surface area (Å²) < 4.78 is 16.9. The average Bonchev–Trinajstić information content (AvgIpc) is 3.13. The quantitative estimate of drug-likeness (QED) is 0.722. The van der Waals surface area contributed by atoms with Crippen LogP contribution in [-0.4, -0.2) is 46.4 Å². The lowest BCUT2D eigenvalue weighted by atomic mass is 9.89. The van der Waals surface area contributed by atoms with E-state index >= 15 is 0 Å². The van der Waals surface area contributed by atoms with E-state index in [0.29, 0.717) is 24.1 Å². The van der Waals surface area contributed by atoms with Crippen molar-refractivity contribution in [3.8, 4) is 17.6 Å². The van der Waals surface area contributed by atoms with Gasteiger partial charge in [-0.15, -0.1) is 11.3 Å². The first-order valence-corrected chi connectivity index (χ1v) is 11.3. The number of methoxy groups -OCH3 is 1. The highest BCUT2D eigenvalue weighted by Crippen LogP contribution is 2.40. The first kappa shape index (κ1) is 20.9. The molecule has 2 heterocycles. The Morgan fingerprint density at radius 2 is 2.17 bits per heavy atom. The van der Waals surface area contributed by atoms with Crippen LogP contribution in [0.1, 0.15) is 34.9 Å². The van der Waals surface area contributed by atoms with Crippen molar-refractivity contribution in [2.45, 2.75) is 26.2 Å². The monoisotopic (exact) mass is 426 g/mol. The fraction of sp³-hybridized carbons (Fsp3) is 0.478. The molecule has 1 aromatic carbocycles. The van der Waals surface area contributed by atoms with Crippen LogP contribution >= 0.6 is 11.3 Å². The van der Waals surface area contributed by atoms with Gasteiger partial charge in [-0.2, -0.15) is 5.26 Å². The summed E-state index contributed by atoms with van der Waals surface area (Å²) in [6, 6.07) is 8.19. The third-order valence-electron chi connectivity index (χ3n) is 5.76. The molecule has 1 saturated heterocycles. The van der Waals surface area contributed by atoms with E-state index in [1.54, 1.807) is 18.4 Å². The molecule has 4 rings (SSSR count). The summed E-state index contributed by atoms with van der Waals surface area (Å²) in [6.07, 6.45) is 4.99. The van der Waals surface area contributed by atoms with Gasteiger partial charge in [0.15, 0.2) is 11.5 Å². The van der Waals surface area contributed by atoms with Crippen LogP contribution in [0.3, 0.4) is 0 Å². The van der Waals surface area contributed by atoms with E-state index in [1.807, 2.05) is 24.4 Å². The molecule has 1 fully saturated rings. The minimum Gasteiger partial charge on any atom is -0.493 e. The molecule has 2 aromatic rings. The Bertz CT molecular complexity index is 957. The Morgan fingerprint density at radius 1 is 1.33 bits per heavy atom. The zero-order valence-electron chi connectivity index (χ0n) is 17.6. The summed E-state index contributed by atoms with van der Waals surface area (Å²) >= 11 is 1.66. The van der Waals surface area contributed by atoms with Crippen LogP contribution in [0.25, 0.3) is 0 Å². The number of hydrogen-bond donors (Lipinski definition) is 1. The van der Waals surface area contributed by atoms with Crippen molar-refractivity contribution >= 4 is 22.6 Å². The molecule has 158 valence electrons. The molecule has 0 radical (unpaired) electrons. The van der Waals surface area contributed by atoms with Crippen molar-refractivity contribution < 1.29 is 19.1 Å². The molecule has 6 nitrogen and oxygen atoms in total. The summed E-state index contributed by atoms with van der Waals surface area (Å²) in [4.78, 5) is 7.36. The Morgan fingerprint density at radius 3 is 2.93 bits per heavy atom. The fourth-order valence-corrected chi connectivity index (χ4v) is 5.25. The van der Waals surface area contributed by atoms with Crippen molar-refractivity contribution in [2.24, 2.45) is 10.9 Å². The highest BCUT2D eigenvalue weighted by Gasteiger charge is 2.23. The maximum Gasteiger partial charge on any atom is 0.222 e. The normalized spacial score (nSPS) is 19.4. The number of benzene rings is 1. The minimum atomic E-state index is 0.578. The molecule has 30 heavy (non-hydrogen) atoms. The highest BCUT2D eigenvalue weighted by atomic mass is 32.1. The largest absolute Gasteiger partial charge is 0.493 e. The molecule has 1 aromatic heterocycles. The number of hydrogen-bond acceptors (Lipinski definition) is 6. The molecule has 0 bridgehead atoms. The fourth-order valence-electron chi connectivity index (χ4n) is 3.95. The maximum atomic E-state index is 9.67. The number of quaternary nitrogens is 1. The molecular formula is C23H28N3O3S+. The van der Waals surface area contributed by atoms with Crippen LogP contribution in [0, 0.1) is 17.2 Å². The highest BCUT2D eigenvalue weighted by molar-refractivity contribution is 7.16. The van der Waals surface area contributed by atoms with Crippen molar-refractivity contribution in [2.75, 3.05) is 40.1 Å². The number of nitrogens with one attached hydrogen (secondary N) is 1. The SMILES string of the molecule is COc1ccc(C=Nc2sc3c(c2C#N)CC[C@@H](C)C3)cc1OC[NH+]1CCOCC1. The predicted octanol–water partition coefficient (Wildman–Crippen LogP) is 2.76. The third-order valence-corrected chi connectivity index (χ3v) is 6.92. The van der Waals surface area contributed by atoms with Gasteiger partial charge in [0.2, 0.25) is 6.73 Å². The molecule has 1 aliphatic heterocycles. The van der Waals surface area contributed by atoms with Crippen molar-refractivity contribution in [3.63, 3.8) is 0 Å². The average molecular weight is 427 g/mol. The Hall–Kier alpha value is -2.40. The zero-order valence-corrected chi connectivity index (χ0v) is 18.4. The summed E-state index contributed by atoms with van der Waals surface area (Å²) in [7, 11) is 1.65. The lowest BCUT2D eigenvalue weighted by molar-refractivity contribution is -0.923. The number of aliphatic imine (C=N–C) groups is 1. The molecule has 1 atom stereocenters. The summed E-state index contributed by atoms with van der Waals surface area (Å²) in [6.45, 7) is 6.29. The standard InChI is InChI=1S/C23H27N3O3S/c1-16-3-5-18-19(13-24)23(30-22(18)11-16)25-14-17-4-6-20(27-2)21(12-17)29-15-26-7-9-28-10-8-26/h4,6,12,14,16H,3,5,7-11,15H2,1-2H3/p+1/t16-/m1/s1. The van der Waals surface area contributed by atoms with Crippen molar-refractivity contribution in [3.05, 3.63) is 39.8 Å². The van der Waals surface area contributed by atoms with E-state index in [4.69, 9.17) is 14.2 Å². The van der Waals surface area contributed by atoms with Crippen LogP contribution in [0.4, 0.5) is 5.00 Å². The summed E-state index contributed by atoms with van der Waals surface area (Å²) in [5.41, 5.74) is 2.88. The number of fused-ring (bicyclic) bond motifs is 1. The molecule has 1 aliphatic carbocycles. The number of rotatable bonds is 6. The van der Waals surface area contributed by atoms with Crippen LogP contribution in [0.15, 0.2) is 23.2 Å². The first-order chi connectivity index (χ1) is 14.7. The van der Waals surface area contributed by atoms with E-state index in [2.05, 4.69) is 18.0 Å². The van der Waals surface area contributed by atoms with E-state index in [-0.39, 0.29) is 0 Å². The second-order valence-electron chi connectivity index (χ2n) is 7.96. The van der Waals surface area contributed by atoms with Gasteiger partial charge in [-0.25, -0.2) is 4.99 Å². The molecule has 0 spiro atoms. The molecular weight excluding hydrogens is 398 g/mol. The van der Waals surface area contributed by atoms with Crippen molar-refractivity contribution in [1.82, 2.24) is 0 Å². The minimum absolute atomic E-state index is 0.578. The van der Waals surface area contributed by atoms with Gasteiger partial charge in [-0.3, -0.25) is 4.90 Å². The second kappa shape index (κ2) is 9.61. The molecule has 7 heteroatoms. The van der Waals surface area contributed by atoms with Crippen LogP contribution in [0.2, 0.25) is 0 Å². The van der Waals surface area contributed by atoms with E-state index < -0.39 is 0 Å². The van der Waals surface area contributed by atoms with Crippen LogP contribution < -0.4 is 14.4 Å². The first-order valence-electron chi connectivity index (χ1n) is 10.5. The van der Waals surface area contributed by atoms with Crippen LogP contribution in [0.5, 0.6) is 11.5 Å². The molecule has 1 N–H and O–H groups in total. The van der Waals surface area contributed by atoms with E-state index in [1.165, 1.54) is 15.3 Å². The summed E-state index contributed by atoms with van der Waals surface area (Å²) in [5.74, 6) is 2.09. The van der Waals surface area contributed by atoms with Gasteiger partial charge in [0.25, 0.3) is 0 Å². The second-order valence-corrected chi connectivity index (χ2v) is 9.05. The summed E-state index contributed by atoms with van der Waals surface area (Å²) in [5, 5.41) is 10.5. The number of thiophene rings is 1. The molecule has 2 aliphatic rings. The van der Waals surface area contributed by atoms with Crippen molar-refractivity contribution in [1.29, 1.82) is 5.26 Å². The third kappa shape index (κ3) is 4.67. The topological polar surface area (TPSA) is 68.3 Å². The van der Waals surface area contributed by atoms with Gasteiger partial charge in [-0.1, -0.05) is 6.92 Å². The number of nitrogens with zero attached hydrogens (tertiary/aromatic N) is 2. The smallest absolute Gasteiger partial charge is 0.222 e. The zero-order chi connectivity index (χ0) is 20.9. The Balaban J connectivity index is 1.52. The lowest BCUT2D eigenvalue weighted by Gasteiger charge is -2.23. The number of morpholine rings is 1. The van der Waals surface area contributed by atoms with Gasteiger partial charge < -0.3 is 14.2 Å². The molecule has 0 amide bonds. The van der Waals surface area contributed by atoms with E-state index in [0.717, 1.165) is 61.7 Å².